The van der Waals surface area contributed by atoms with Crippen LogP contribution < -0.4 is 5.32 Å². The van der Waals surface area contributed by atoms with Crippen LogP contribution in [0.2, 0.25) is 15.1 Å². The second-order valence-corrected chi connectivity index (χ2v) is 6.28. The first kappa shape index (κ1) is 16.4. The lowest BCUT2D eigenvalue weighted by Crippen LogP contribution is -2.08. The third-order valence-corrected chi connectivity index (χ3v) is 3.93. The monoisotopic (exact) mass is 403 g/mol. The summed E-state index contributed by atoms with van der Waals surface area (Å²) < 4.78 is 0.842. The third-order valence-electron chi connectivity index (χ3n) is 2.57. The summed E-state index contributed by atoms with van der Waals surface area (Å²) in [5, 5.41) is 4.17. The Morgan fingerprint density at radius 2 is 1.81 bits per heavy atom. The van der Waals surface area contributed by atoms with Gasteiger partial charge in [-0.1, -0.05) is 56.8 Å². The van der Waals surface area contributed by atoms with E-state index in [0.29, 0.717) is 26.3 Å². The van der Waals surface area contributed by atoms with E-state index in [2.05, 4.69) is 21.2 Å². The molecule has 0 aliphatic heterocycles. The number of amides is 1. The van der Waals surface area contributed by atoms with Gasteiger partial charge in [-0.25, -0.2) is 0 Å². The molecule has 0 unspecified atom stereocenters. The van der Waals surface area contributed by atoms with E-state index in [9.17, 15) is 4.79 Å². The van der Waals surface area contributed by atoms with Crippen molar-refractivity contribution in [3.8, 4) is 0 Å². The van der Waals surface area contributed by atoms with Crippen molar-refractivity contribution < 1.29 is 4.79 Å². The first-order valence-electron chi connectivity index (χ1n) is 5.85. The van der Waals surface area contributed by atoms with Gasteiger partial charge >= 0.3 is 0 Å². The van der Waals surface area contributed by atoms with Crippen LogP contribution in [0.25, 0.3) is 6.08 Å². The van der Waals surface area contributed by atoms with Crippen LogP contribution in [-0.2, 0) is 4.79 Å². The fraction of sp³-hybridized carbons (Fsp3) is 0. The van der Waals surface area contributed by atoms with Crippen LogP contribution in [0.3, 0.4) is 0 Å². The first-order chi connectivity index (χ1) is 9.95. The van der Waals surface area contributed by atoms with Crippen molar-refractivity contribution in [3.63, 3.8) is 0 Å². The molecule has 6 heteroatoms. The van der Waals surface area contributed by atoms with E-state index >= 15 is 0 Å². The molecule has 0 aliphatic carbocycles. The SMILES string of the molecule is O=C(/C=C/c1ccc(Cl)cc1Cl)Nc1ccc(Br)cc1Cl. The van der Waals surface area contributed by atoms with Crippen molar-refractivity contribution in [2.24, 2.45) is 0 Å². The summed E-state index contributed by atoms with van der Waals surface area (Å²) in [6.07, 6.45) is 2.99. The van der Waals surface area contributed by atoms with Crippen LogP contribution >= 0.6 is 50.7 Å². The van der Waals surface area contributed by atoms with Crippen LogP contribution in [0.5, 0.6) is 0 Å². The minimum absolute atomic E-state index is 0.301. The normalized spacial score (nSPS) is 10.9. The van der Waals surface area contributed by atoms with Crippen molar-refractivity contribution in [1.82, 2.24) is 0 Å². The average Bonchev–Trinajstić information content (AvgIpc) is 2.41. The Morgan fingerprint density at radius 3 is 2.48 bits per heavy atom. The summed E-state index contributed by atoms with van der Waals surface area (Å²) >= 11 is 21.2. The zero-order valence-electron chi connectivity index (χ0n) is 10.5. The van der Waals surface area contributed by atoms with Gasteiger partial charge in [-0.2, -0.15) is 0 Å². The number of carbonyl (C=O) groups is 1. The maximum atomic E-state index is 11.9. The van der Waals surface area contributed by atoms with Gasteiger partial charge in [0.1, 0.15) is 0 Å². The van der Waals surface area contributed by atoms with Crippen LogP contribution in [-0.4, -0.2) is 5.91 Å². The molecule has 0 aromatic heterocycles. The van der Waals surface area contributed by atoms with E-state index in [0.717, 1.165) is 4.47 Å². The molecule has 2 aromatic carbocycles. The Hall–Kier alpha value is -1.000. The van der Waals surface area contributed by atoms with Gasteiger partial charge in [0, 0.05) is 20.6 Å². The van der Waals surface area contributed by atoms with Crippen LogP contribution in [0.4, 0.5) is 5.69 Å². The molecule has 0 aliphatic rings. The van der Waals surface area contributed by atoms with Gasteiger partial charge in [0.25, 0.3) is 0 Å². The molecule has 0 spiro atoms. The highest BCUT2D eigenvalue weighted by Crippen LogP contribution is 2.26. The summed E-state index contributed by atoms with van der Waals surface area (Å²) in [7, 11) is 0. The summed E-state index contributed by atoms with van der Waals surface area (Å²) in [4.78, 5) is 11.9. The predicted molar refractivity (Wildman–Crippen MR) is 93.3 cm³/mol. The van der Waals surface area contributed by atoms with Crippen LogP contribution in [0, 0.1) is 0 Å². The average molecular weight is 406 g/mol. The molecular formula is C15H9BrCl3NO. The fourth-order valence-corrected chi connectivity index (χ4v) is 2.76. The zero-order valence-corrected chi connectivity index (χ0v) is 14.4. The highest BCUT2D eigenvalue weighted by molar-refractivity contribution is 9.10. The lowest BCUT2D eigenvalue weighted by atomic mass is 10.2. The number of carbonyl (C=O) groups excluding carboxylic acids is 1. The zero-order chi connectivity index (χ0) is 15.4. The quantitative estimate of drug-likeness (QED) is 0.618. The minimum Gasteiger partial charge on any atom is -0.321 e. The summed E-state index contributed by atoms with van der Waals surface area (Å²) in [6, 6.07) is 10.3. The Balaban J connectivity index is 2.09. The maximum Gasteiger partial charge on any atom is 0.248 e. The molecule has 21 heavy (non-hydrogen) atoms. The molecule has 1 N–H and O–H groups in total. The molecule has 0 saturated heterocycles. The number of halogens is 4. The van der Waals surface area contributed by atoms with E-state index in [1.165, 1.54) is 6.08 Å². The second kappa shape index (κ2) is 7.32. The molecule has 0 atom stereocenters. The Labute approximate surface area is 145 Å². The van der Waals surface area contributed by atoms with Gasteiger partial charge in [0.15, 0.2) is 0 Å². The fourth-order valence-electron chi connectivity index (χ4n) is 1.57. The van der Waals surface area contributed by atoms with Gasteiger partial charge in [-0.05, 0) is 42.0 Å². The molecule has 2 rings (SSSR count). The van der Waals surface area contributed by atoms with E-state index in [1.54, 1.807) is 42.5 Å². The van der Waals surface area contributed by atoms with Crippen LogP contribution in [0.1, 0.15) is 5.56 Å². The van der Waals surface area contributed by atoms with E-state index in [-0.39, 0.29) is 5.91 Å². The van der Waals surface area contributed by atoms with Gasteiger partial charge in [-0.3, -0.25) is 4.79 Å². The molecule has 0 bridgehead atoms. The standard InChI is InChI=1S/C15H9BrCl3NO/c16-10-3-5-14(13(19)7-10)20-15(21)6-2-9-1-4-11(17)8-12(9)18/h1-8H,(H,20,21)/b6-2+. The van der Waals surface area contributed by atoms with E-state index in [1.807, 2.05) is 0 Å². The lowest BCUT2D eigenvalue weighted by molar-refractivity contribution is -0.111. The minimum atomic E-state index is -0.301. The first-order valence-corrected chi connectivity index (χ1v) is 7.77. The molecule has 2 aromatic rings. The molecule has 1 amide bonds. The summed E-state index contributed by atoms with van der Waals surface area (Å²) in [5.74, 6) is -0.301. The second-order valence-electron chi connectivity index (χ2n) is 4.11. The van der Waals surface area contributed by atoms with Crippen molar-refractivity contribution in [2.75, 3.05) is 5.32 Å². The third kappa shape index (κ3) is 4.75. The molecule has 0 radical (unpaired) electrons. The van der Waals surface area contributed by atoms with Gasteiger partial charge < -0.3 is 5.32 Å². The lowest BCUT2D eigenvalue weighted by Gasteiger charge is -2.05. The molecule has 108 valence electrons. The topological polar surface area (TPSA) is 29.1 Å². The largest absolute Gasteiger partial charge is 0.321 e. The highest BCUT2D eigenvalue weighted by atomic mass is 79.9. The predicted octanol–water partition coefficient (Wildman–Crippen LogP) is 6.06. The van der Waals surface area contributed by atoms with E-state index < -0.39 is 0 Å². The van der Waals surface area contributed by atoms with Crippen molar-refractivity contribution in [2.45, 2.75) is 0 Å². The number of hydrogen-bond donors (Lipinski definition) is 1. The number of hydrogen-bond acceptors (Lipinski definition) is 1. The number of rotatable bonds is 3. The number of anilines is 1. The number of nitrogens with one attached hydrogen (secondary N) is 1. The van der Waals surface area contributed by atoms with Crippen molar-refractivity contribution >= 4 is 68.4 Å². The smallest absolute Gasteiger partial charge is 0.248 e. The summed E-state index contributed by atoms with van der Waals surface area (Å²) in [6.45, 7) is 0. The molecule has 0 fully saturated rings. The highest BCUT2D eigenvalue weighted by Gasteiger charge is 2.04. The Morgan fingerprint density at radius 1 is 1.05 bits per heavy atom. The molecular weight excluding hydrogens is 396 g/mol. The van der Waals surface area contributed by atoms with Gasteiger partial charge in [0.05, 0.1) is 10.7 Å². The molecule has 2 nitrogen and oxygen atoms in total. The molecule has 0 saturated carbocycles. The van der Waals surface area contributed by atoms with E-state index in [4.69, 9.17) is 34.8 Å². The van der Waals surface area contributed by atoms with Gasteiger partial charge in [-0.15, -0.1) is 0 Å². The summed E-state index contributed by atoms with van der Waals surface area (Å²) in [5.41, 5.74) is 1.25. The number of benzene rings is 2. The molecule has 0 heterocycles. The Kier molecular flexibility index (Phi) is 5.71. The van der Waals surface area contributed by atoms with Crippen LogP contribution in [0.15, 0.2) is 46.9 Å². The van der Waals surface area contributed by atoms with Crippen molar-refractivity contribution in [1.29, 1.82) is 0 Å². The van der Waals surface area contributed by atoms with Crippen molar-refractivity contribution in [3.05, 3.63) is 67.6 Å². The van der Waals surface area contributed by atoms with Gasteiger partial charge in [0.2, 0.25) is 5.91 Å². The maximum absolute atomic E-state index is 11.9. The Bertz CT molecular complexity index is 716.